The van der Waals surface area contributed by atoms with Crippen LogP contribution in [-0.2, 0) is 13.1 Å². The lowest BCUT2D eigenvalue weighted by atomic mass is 10.1. The molecular formula is C26H38N2. The number of hydrogen-bond acceptors (Lipinski definition) is 2. The third-order valence-electron chi connectivity index (χ3n) is 6.28. The van der Waals surface area contributed by atoms with Gasteiger partial charge in [-0.15, -0.1) is 0 Å². The molecule has 152 valence electrons. The van der Waals surface area contributed by atoms with Crippen molar-refractivity contribution in [3.05, 3.63) is 71.8 Å². The molecule has 2 heteroatoms. The molecule has 2 aliphatic heterocycles. The molecule has 4 atom stereocenters. The van der Waals surface area contributed by atoms with Crippen molar-refractivity contribution in [2.45, 2.75) is 65.7 Å². The summed E-state index contributed by atoms with van der Waals surface area (Å²) in [6.07, 6.45) is 2.71. The molecular weight excluding hydrogens is 340 g/mol. The van der Waals surface area contributed by atoms with Gasteiger partial charge in [0.1, 0.15) is 0 Å². The molecule has 0 saturated carbocycles. The second kappa shape index (κ2) is 10.2. The summed E-state index contributed by atoms with van der Waals surface area (Å²) in [7, 11) is 0. The highest BCUT2D eigenvalue weighted by Crippen LogP contribution is 2.24. The van der Waals surface area contributed by atoms with Crippen LogP contribution in [0.15, 0.2) is 60.7 Å². The van der Waals surface area contributed by atoms with E-state index in [2.05, 4.69) is 98.2 Å². The van der Waals surface area contributed by atoms with Gasteiger partial charge in [-0.3, -0.25) is 9.80 Å². The molecule has 0 spiro atoms. The minimum atomic E-state index is 0.755. The minimum Gasteiger partial charge on any atom is -0.296 e. The number of benzene rings is 2. The van der Waals surface area contributed by atoms with Gasteiger partial charge in [-0.1, -0.05) is 74.5 Å². The number of hydrogen-bond donors (Lipinski definition) is 0. The lowest BCUT2D eigenvalue weighted by Crippen LogP contribution is -2.26. The van der Waals surface area contributed by atoms with Gasteiger partial charge < -0.3 is 0 Å². The molecule has 0 bridgehead atoms. The first kappa shape index (κ1) is 21.1. The van der Waals surface area contributed by atoms with Crippen molar-refractivity contribution >= 4 is 0 Å². The Balaban J connectivity index is 0.000000161. The van der Waals surface area contributed by atoms with Crippen molar-refractivity contribution in [1.29, 1.82) is 0 Å². The molecule has 28 heavy (non-hydrogen) atoms. The Morgan fingerprint density at radius 3 is 1.25 bits per heavy atom. The highest BCUT2D eigenvalue weighted by atomic mass is 15.2. The van der Waals surface area contributed by atoms with Crippen LogP contribution in [0.4, 0.5) is 0 Å². The van der Waals surface area contributed by atoms with Crippen LogP contribution in [0.5, 0.6) is 0 Å². The largest absolute Gasteiger partial charge is 0.296 e. The number of rotatable bonds is 4. The topological polar surface area (TPSA) is 6.48 Å². The minimum absolute atomic E-state index is 0.755. The lowest BCUT2D eigenvalue weighted by Gasteiger charge is -2.20. The maximum absolute atomic E-state index is 2.58. The van der Waals surface area contributed by atoms with Crippen LogP contribution in [-0.4, -0.2) is 35.0 Å². The predicted octanol–water partition coefficient (Wildman–Crippen LogP) is 5.83. The average molecular weight is 379 g/mol. The summed E-state index contributed by atoms with van der Waals surface area (Å²) in [5, 5.41) is 0. The van der Waals surface area contributed by atoms with Crippen molar-refractivity contribution < 1.29 is 0 Å². The van der Waals surface area contributed by atoms with Gasteiger partial charge in [0.25, 0.3) is 0 Å². The predicted molar refractivity (Wildman–Crippen MR) is 120 cm³/mol. The van der Waals surface area contributed by atoms with Crippen molar-refractivity contribution in [1.82, 2.24) is 9.80 Å². The zero-order valence-corrected chi connectivity index (χ0v) is 18.2. The van der Waals surface area contributed by atoms with E-state index in [0.717, 1.165) is 37.0 Å². The molecule has 4 rings (SSSR count). The Morgan fingerprint density at radius 1 is 0.607 bits per heavy atom. The lowest BCUT2D eigenvalue weighted by molar-refractivity contribution is 0.256. The summed E-state index contributed by atoms with van der Waals surface area (Å²) in [6.45, 7) is 14.1. The molecule has 2 aromatic carbocycles. The highest BCUT2D eigenvalue weighted by Gasteiger charge is 2.26. The van der Waals surface area contributed by atoms with E-state index in [4.69, 9.17) is 0 Å². The molecule has 0 N–H and O–H groups in total. The fraction of sp³-hybridized carbons (Fsp3) is 0.538. The first-order valence-electron chi connectivity index (χ1n) is 11.1. The van der Waals surface area contributed by atoms with Gasteiger partial charge in [0.05, 0.1) is 0 Å². The van der Waals surface area contributed by atoms with E-state index in [1.165, 1.54) is 37.1 Å². The maximum Gasteiger partial charge on any atom is 0.0236 e. The molecule has 0 aliphatic carbocycles. The Labute approximate surface area is 172 Å². The summed E-state index contributed by atoms with van der Waals surface area (Å²) >= 11 is 0. The third-order valence-corrected chi connectivity index (χ3v) is 6.28. The van der Waals surface area contributed by atoms with Gasteiger partial charge >= 0.3 is 0 Å². The fourth-order valence-electron chi connectivity index (χ4n) is 4.85. The van der Waals surface area contributed by atoms with Crippen LogP contribution in [0.25, 0.3) is 0 Å². The Bertz CT molecular complexity index is 623. The first-order chi connectivity index (χ1) is 13.5. The Morgan fingerprint density at radius 2 is 0.964 bits per heavy atom. The summed E-state index contributed by atoms with van der Waals surface area (Å²) in [5.74, 6) is 1.74. The molecule has 0 aromatic heterocycles. The molecule has 0 radical (unpaired) electrons. The normalized spacial score (nSPS) is 28.1. The van der Waals surface area contributed by atoms with Gasteiger partial charge in [-0.25, -0.2) is 0 Å². The van der Waals surface area contributed by atoms with E-state index in [-0.39, 0.29) is 0 Å². The van der Waals surface area contributed by atoms with Gasteiger partial charge in [0.15, 0.2) is 0 Å². The van der Waals surface area contributed by atoms with E-state index in [1.54, 1.807) is 0 Å². The van der Waals surface area contributed by atoms with Crippen LogP contribution in [0.1, 0.15) is 51.7 Å². The summed E-state index contributed by atoms with van der Waals surface area (Å²) in [6, 6.07) is 23.0. The number of nitrogens with zero attached hydrogens (tertiary/aromatic N) is 2. The van der Waals surface area contributed by atoms with Crippen molar-refractivity contribution in [2.75, 3.05) is 13.1 Å². The van der Waals surface area contributed by atoms with Crippen LogP contribution in [0.3, 0.4) is 0 Å². The van der Waals surface area contributed by atoms with Crippen LogP contribution >= 0.6 is 0 Å². The van der Waals surface area contributed by atoms with Crippen molar-refractivity contribution in [2.24, 2.45) is 11.8 Å². The molecule has 2 fully saturated rings. The van der Waals surface area contributed by atoms with Crippen LogP contribution < -0.4 is 0 Å². The zero-order chi connectivity index (χ0) is 19.9. The van der Waals surface area contributed by atoms with E-state index in [1.807, 2.05) is 0 Å². The molecule has 0 unspecified atom stereocenters. The SMILES string of the molecule is C[C@@H]1C[C@@H](C)N(Cc2ccccc2)C1.C[C@@H]1C[C@H](C)N(Cc2ccccc2)C1. The molecule has 2 heterocycles. The monoisotopic (exact) mass is 378 g/mol. The van der Waals surface area contributed by atoms with Gasteiger partial charge in [-0.05, 0) is 49.7 Å². The molecule has 2 nitrogen and oxygen atoms in total. The Hall–Kier alpha value is -1.64. The second-order valence-corrected chi connectivity index (χ2v) is 9.21. The smallest absolute Gasteiger partial charge is 0.0236 e. The quantitative estimate of drug-likeness (QED) is 0.660. The zero-order valence-electron chi connectivity index (χ0n) is 18.2. The van der Waals surface area contributed by atoms with Crippen LogP contribution in [0.2, 0.25) is 0 Å². The standard InChI is InChI=1S/2C13H19N/c2*1-11-8-12(2)14(9-11)10-13-6-4-3-5-7-13/h2*3-7,11-12H,8-10H2,1-2H3/t11-,12+;11-,12-/m11/s1. The first-order valence-corrected chi connectivity index (χ1v) is 11.1. The van der Waals surface area contributed by atoms with E-state index < -0.39 is 0 Å². The highest BCUT2D eigenvalue weighted by molar-refractivity contribution is 5.15. The van der Waals surface area contributed by atoms with Crippen molar-refractivity contribution in [3.8, 4) is 0 Å². The Kier molecular flexibility index (Phi) is 7.70. The summed E-state index contributed by atoms with van der Waals surface area (Å²) in [5.41, 5.74) is 2.88. The van der Waals surface area contributed by atoms with E-state index in [9.17, 15) is 0 Å². The molecule has 0 amide bonds. The van der Waals surface area contributed by atoms with E-state index >= 15 is 0 Å². The van der Waals surface area contributed by atoms with Gasteiger partial charge in [0, 0.05) is 38.3 Å². The summed E-state index contributed by atoms with van der Waals surface area (Å²) in [4.78, 5) is 5.17. The third kappa shape index (κ3) is 6.18. The van der Waals surface area contributed by atoms with Gasteiger partial charge in [0.2, 0.25) is 0 Å². The van der Waals surface area contributed by atoms with Crippen LogP contribution in [0, 0.1) is 11.8 Å². The van der Waals surface area contributed by atoms with Crippen molar-refractivity contribution in [3.63, 3.8) is 0 Å². The summed E-state index contributed by atoms with van der Waals surface area (Å²) < 4.78 is 0. The number of likely N-dealkylation sites (tertiary alicyclic amines) is 2. The molecule has 2 aliphatic rings. The van der Waals surface area contributed by atoms with E-state index in [0.29, 0.717) is 0 Å². The maximum atomic E-state index is 2.58. The van der Waals surface area contributed by atoms with Gasteiger partial charge in [-0.2, -0.15) is 0 Å². The molecule has 2 aromatic rings. The average Bonchev–Trinajstić information content (AvgIpc) is 3.17. The second-order valence-electron chi connectivity index (χ2n) is 9.21. The fourth-order valence-corrected chi connectivity index (χ4v) is 4.85. The molecule has 2 saturated heterocycles.